The molecule has 14 nitrogen and oxygen atoms in total. The molecule has 0 saturated carbocycles. The van der Waals surface area contributed by atoms with E-state index in [1.165, 1.54) is 65.1 Å². The molecular formula is C46H38Cl4F2N8O6. The highest BCUT2D eigenvalue weighted by atomic mass is 35.5. The summed E-state index contributed by atoms with van der Waals surface area (Å²) in [7, 11) is 5.84. The number of hydrogen-bond acceptors (Lipinski definition) is 13. The second kappa shape index (κ2) is 19.6. The number of benzene rings is 6. The Hall–Kier alpha value is -6.98. The first-order valence-electron chi connectivity index (χ1n) is 19.3. The zero-order chi connectivity index (χ0) is 47.6. The van der Waals surface area contributed by atoms with Crippen molar-refractivity contribution in [2.45, 2.75) is 13.8 Å². The maximum absolute atomic E-state index is 15.2. The predicted octanol–water partition coefficient (Wildman–Crippen LogP) is 13.4. The smallest absolute Gasteiger partial charge is 0.293 e. The van der Waals surface area contributed by atoms with Crippen LogP contribution in [0.1, 0.15) is 12.6 Å². The molecule has 340 valence electrons. The van der Waals surface area contributed by atoms with E-state index in [9.17, 15) is 10.1 Å². The highest BCUT2D eigenvalue weighted by Gasteiger charge is 2.23. The summed E-state index contributed by atoms with van der Waals surface area (Å²) in [6, 6.07) is 19.2. The van der Waals surface area contributed by atoms with E-state index >= 15 is 8.78 Å². The number of nitrogens with zero attached hydrogens (tertiary/aromatic N) is 5. The fraction of sp³-hybridized carbons (Fsp3) is 0.130. The normalized spacial score (nSPS) is 10.9. The topological polar surface area (TPSA) is 182 Å². The molecule has 2 aromatic heterocycles. The number of nitrogens with two attached hydrogens (primary N) is 1. The van der Waals surface area contributed by atoms with E-state index in [0.29, 0.717) is 73.0 Å². The molecule has 8 aromatic rings. The number of para-hydroxylation sites is 2. The van der Waals surface area contributed by atoms with E-state index in [0.717, 1.165) is 5.56 Å². The zero-order valence-corrected chi connectivity index (χ0v) is 38.6. The monoisotopic (exact) mass is 976 g/mol. The van der Waals surface area contributed by atoms with Crippen molar-refractivity contribution in [3.8, 4) is 45.3 Å². The summed E-state index contributed by atoms with van der Waals surface area (Å²) < 4.78 is 51.5. The van der Waals surface area contributed by atoms with Gasteiger partial charge in [-0.2, -0.15) is 0 Å². The second-order valence-corrected chi connectivity index (χ2v) is 15.8. The standard InChI is InChI=1S/C23H17Cl2FN4O4.C23H19Cl2FN4O2.H2/c1-11-5-4-6-15(30(31)32)21(11)28-23-27-10-13-7-12(8-14(26)22(13)29-23)18-19(24)16(33-2)9-17(34-3)20(18)25;1-11-5-4-6-15(27)21(11)29-23-28-10-13-7-12(8-14(26)22(13)30-23)18-19(24)16(31-2)9-17(32-3)20(18)25;/h4-10H,1-3H3,(H,27,28,29);4-10H,27H2,1-3H3,(H,28,29,30);1H. The lowest BCUT2D eigenvalue weighted by Gasteiger charge is -2.15. The molecule has 8 rings (SSSR count). The lowest BCUT2D eigenvalue weighted by atomic mass is 10.0. The van der Waals surface area contributed by atoms with Crippen molar-refractivity contribution < 1.29 is 34.1 Å². The number of nitrogens with one attached hydrogen (secondary N) is 2. The molecule has 0 unspecified atom stereocenters. The number of halogens is 6. The summed E-state index contributed by atoms with van der Waals surface area (Å²) in [4.78, 5) is 27.9. The Labute approximate surface area is 397 Å². The first-order chi connectivity index (χ1) is 31.6. The summed E-state index contributed by atoms with van der Waals surface area (Å²) in [5.41, 5.74) is 10.6. The highest BCUT2D eigenvalue weighted by molar-refractivity contribution is 6.42. The van der Waals surface area contributed by atoms with Gasteiger partial charge in [0, 0.05) is 53.9 Å². The van der Waals surface area contributed by atoms with Crippen LogP contribution in [-0.4, -0.2) is 53.3 Å². The predicted molar refractivity (Wildman–Crippen MR) is 258 cm³/mol. The van der Waals surface area contributed by atoms with Crippen LogP contribution in [-0.2, 0) is 0 Å². The van der Waals surface area contributed by atoms with Crippen LogP contribution in [0.5, 0.6) is 23.0 Å². The third kappa shape index (κ3) is 9.26. The molecule has 0 aliphatic heterocycles. The molecule has 0 saturated heterocycles. The van der Waals surface area contributed by atoms with E-state index in [1.54, 1.807) is 43.3 Å². The Balaban J connectivity index is 0.000000218. The van der Waals surface area contributed by atoms with Crippen LogP contribution in [0.2, 0.25) is 20.1 Å². The van der Waals surface area contributed by atoms with E-state index in [2.05, 4.69) is 30.6 Å². The SMILES string of the molecule is COc1cc(OC)c(Cl)c(-c2cc(F)c3nc(Nc4c(C)cccc4N)ncc3c2)c1Cl.COc1cc(OC)c(Cl)c(-c2cc(F)c3nc(Nc4c(C)cccc4[N+](=O)[O-])ncc3c2)c1Cl.[HH]. The van der Waals surface area contributed by atoms with Crippen LogP contribution < -0.4 is 35.3 Å². The minimum Gasteiger partial charge on any atom is -0.495 e. The van der Waals surface area contributed by atoms with Crippen LogP contribution in [0, 0.1) is 35.6 Å². The number of methoxy groups -OCH3 is 4. The molecule has 0 spiro atoms. The number of nitro benzene ring substituents is 1. The molecule has 0 atom stereocenters. The molecule has 66 heavy (non-hydrogen) atoms. The molecule has 6 aromatic carbocycles. The van der Waals surface area contributed by atoms with Crippen molar-refractivity contribution in [3.63, 3.8) is 0 Å². The summed E-state index contributed by atoms with van der Waals surface area (Å²) >= 11 is 25.9. The van der Waals surface area contributed by atoms with Gasteiger partial charge in [0.25, 0.3) is 5.69 Å². The molecule has 0 fully saturated rings. The van der Waals surface area contributed by atoms with Gasteiger partial charge in [-0.25, -0.2) is 28.7 Å². The van der Waals surface area contributed by atoms with Crippen molar-refractivity contribution in [2.24, 2.45) is 0 Å². The minimum absolute atomic E-state index is 0. The van der Waals surface area contributed by atoms with E-state index < -0.39 is 16.6 Å². The quantitative estimate of drug-likeness (QED) is 0.0633. The van der Waals surface area contributed by atoms with Gasteiger partial charge in [0.15, 0.2) is 0 Å². The summed E-state index contributed by atoms with van der Waals surface area (Å²) in [6.07, 6.45) is 2.92. The Morgan fingerprint density at radius 1 is 0.621 bits per heavy atom. The van der Waals surface area contributed by atoms with Gasteiger partial charge in [-0.1, -0.05) is 70.7 Å². The third-order valence-electron chi connectivity index (χ3n) is 10.2. The molecule has 0 radical (unpaired) electrons. The third-order valence-corrected chi connectivity index (χ3v) is 11.7. The number of nitro groups is 1. The van der Waals surface area contributed by atoms with Crippen molar-refractivity contribution >= 4 is 103 Å². The molecular weight excluding hydrogens is 940 g/mol. The number of fused-ring (bicyclic) bond motifs is 2. The van der Waals surface area contributed by atoms with E-state index in [-0.39, 0.29) is 55.8 Å². The Morgan fingerprint density at radius 3 is 1.41 bits per heavy atom. The number of aromatic nitrogens is 4. The Morgan fingerprint density at radius 2 is 1.02 bits per heavy atom. The Bertz CT molecular complexity index is 3150. The number of aryl methyl sites for hydroxylation is 2. The number of anilines is 5. The number of rotatable bonds is 11. The lowest BCUT2D eigenvalue weighted by Crippen LogP contribution is -2.03. The largest absolute Gasteiger partial charge is 0.495 e. The lowest BCUT2D eigenvalue weighted by molar-refractivity contribution is -0.384. The fourth-order valence-electron chi connectivity index (χ4n) is 6.94. The van der Waals surface area contributed by atoms with Crippen molar-refractivity contribution in [3.05, 3.63) is 138 Å². The van der Waals surface area contributed by atoms with Crippen LogP contribution >= 0.6 is 46.4 Å². The van der Waals surface area contributed by atoms with Crippen molar-refractivity contribution in [1.82, 2.24) is 19.9 Å². The summed E-state index contributed by atoms with van der Waals surface area (Å²) in [5.74, 6) is 0.355. The van der Waals surface area contributed by atoms with Crippen LogP contribution in [0.15, 0.2) is 85.2 Å². The number of hydrogen-bond donors (Lipinski definition) is 3. The maximum atomic E-state index is 15.2. The van der Waals surface area contributed by atoms with Gasteiger partial charge >= 0.3 is 0 Å². The molecule has 0 aliphatic carbocycles. The first-order valence-corrected chi connectivity index (χ1v) is 20.9. The average Bonchev–Trinajstić information content (AvgIpc) is 3.29. The van der Waals surface area contributed by atoms with Crippen LogP contribution in [0.3, 0.4) is 0 Å². The van der Waals surface area contributed by atoms with Crippen LogP contribution in [0.25, 0.3) is 44.1 Å². The van der Waals surface area contributed by atoms with Gasteiger partial charge in [0.1, 0.15) is 51.4 Å². The molecule has 0 bridgehead atoms. The fourth-order valence-corrected chi connectivity index (χ4v) is 8.38. The van der Waals surface area contributed by atoms with Crippen molar-refractivity contribution in [1.29, 1.82) is 0 Å². The second-order valence-electron chi connectivity index (χ2n) is 14.3. The minimum atomic E-state index is -0.661. The van der Waals surface area contributed by atoms with Crippen LogP contribution in [0.4, 0.5) is 43.4 Å². The number of nitrogen functional groups attached to an aromatic ring is 1. The van der Waals surface area contributed by atoms with E-state index in [4.69, 9.17) is 71.1 Å². The van der Waals surface area contributed by atoms with Gasteiger partial charge in [-0.15, -0.1) is 0 Å². The maximum Gasteiger partial charge on any atom is 0.293 e. The summed E-state index contributed by atoms with van der Waals surface area (Å²) in [5, 5.41) is 19.0. The molecule has 4 N–H and O–H groups in total. The molecule has 20 heteroatoms. The van der Waals surface area contributed by atoms with Crippen molar-refractivity contribution in [2.75, 3.05) is 44.8 Å². The first kappa shape index (κ1) is 47.0. The van der Waals surface area contributed by atoms with E-state index in [1.807, 2.05) is 19.1 Å². The van der Waals surface area contributed by atoms with Gasteiger partial charge in [0.05, 0.1) is 64.8 Å². The highest BCUT2D eigenvalue weighted by Crippen LogP contribution is 2.48. The number of ether oxygens (including phenoxy) is 4. The zero-order valence-electron chi connectivity index (χ0n) is 35.6. The average molecular weight is 979 g/mol. The molecule has 2 heterocycles. The molecule has 0 amide bonds. The van der Waals surface area contributed by atoms with Gasteiger partial charge in [-0.05, 0) is 66.4 Å². The van der Waals surface area contributed by atoms with Gasteiger partial charge < -0.3 is 35.3 Å². The summed E-state index contributed by atoms with van der Waals surface area (Å²) in [6.45, 7) is 3.61. The Kier molecular flexibility index (Phi) is 14.0. The van der Waals surface area contributed by atoms with Gasteiger partial charge in [0.2, 0.25) is 11.9 Å². The van der Waals surface area contributed by atoms with Gasteiger partial charge in [-0.3, -0.25) is 10.1 Å². The molecule has 0 aliphatic rings.